The van der Waals surface area contributed by atoms with E-state index in [1.54, 1.807) is 28.8 Å². The molecule has 0 unspecified atom stereocenters. The molecule has 0 spiro atoms. The maximum absolute atomic E-state index is 11.9. The number of thioether (sulfide) groups is 1. The topological polar surface area (TPSA) is 97.0 Å². The van der Waals surface area contributed by atoms with E-state index in [4.69, 9.17) is 17.3 Å². The summed E-state index contributed by atoms with van der Waals surface area (Å²) in [4.78, 5) is 26.1. The fourth-order valence-corrected chi connectivity index (χ4v) is 2.76. The first-order valence-corrected chi connectivity index (χ1v) is 8.79. The molecule has 2 aromatic rings. The molecule has 0 aliphatic heterocycles. The SMILES string of the molecule is CN(C)c1nc(N)nc(CSCCC(=O)Nc2ccccc2Cl)n1. The molecule has 9 heteroatoms. The number of benzene rings is 1. The molecule has 0 fully saturated rings. The highest BCUT2D eigenvalue weighted by atomic mass is 35.5. The van der Waals surface area contributed by atoms with Gasteiger partial charge in [0.25, 0.3) is 0 Å². The summed E-state index contributed by atoms with van der Waals surface area (Å²) in [5, 5.41) is 3.31. The van der Waals surface area contributed by atoms with E-state index in [0.717, 1.165) is 0 Å². The van der Waals surface area contributed by atoms with Crippen LogP contribution in [0.25, 0.3) is 0 Å². The smallest absolute Gasteiger partial charge is 0.229 e. The molecule has 0 atom stereocenters. The van der Waals surface area contributed by atoms with Crippen molar-refractivity contribution < 1.29 is 4.79 Å². The third-order valence-electron chi connectivity index (χ3n) is 2.94. The van der Waals surface area contributed by atoms with E-state index in [0.29, 0.717) is 40.4 Å². The number of nitrogen functional groups attached to an aromatic ring is 1. The Morgan fingerprint density at radius 1 is 1.29 bits per heavy atom. The zero-order valence-corrected chi connectivity index (χ0v) is 15.1. The largest absolute Gasteiger partial charge is 0.368 e. The van der Waals surface area contributed by atoms with Gasteiger partial charge in [-0.05, 0) is 12.1 Å². The van der Waals surface area contributed by atoms with Gasteiger partial charge in [-0.2, -0.15) is 26.7 Å². The summed E-state index contributed by atoms with van der Waals surface area (Å²) in [5.41, 5.74) is 6.30. The summed E-state index contributed by atoms with van der Waals surface area (Å²) in [6, 6.07) is 7.14. The number of amides is 1. The summed E-state index contributed by atoms with van der Waals surface area (Å²) in [6.07, 6.45) is 0.372. The molecule has 24 heavy (non-hydrogen) atoms. The summed E-state index contributed by atoms with van der Waals surface area (Å²) in [7, 11) is 3.68. The van der Waals surface area contributed by atoms with E-state index in [2.05, 4.69) is 20.3 Å². The number of nitrogens with zero attached hydrogens (tertiary/aromatic N) is 4. The Hall–Kier alpha value is -2.06. The number of nitrogens with one attached hydrogen (secondary N) is 1. The Kier molecular flexibility index (Phi) is 6.62. The zero-order valence-electron chi connectivity index (χ0n) is 13.5. The van der Waals surface area contributed by atoms with Crippen molar-refractivity contribution in [3.63, 3.8) is 0 Å². The van der Waals surface area contributed by atoms with Crippen molar-refractivity contribution in [3.05, 3.63) is 35.1 Å². The van der Waals surface area contributed by atoms with Gasteiger partial charge >= 0.3 is 0 Å². The van der Waals surface area contributed by atoms with Gasteiger partial charge in [-0.25, -0.2) is 0 Å². The summed E-state index contributed by atoms with van der Waals surface area (Å²) >= 11 is 7.56. The maximum Gasteiger partial charge on any atom is 0.229 e. The highest BCUT2D eigenvalue weighted by Gasteiger charge is 2.08. The monoisotopic (exact) mass is 366 g/mol. The number of anilines is 3. The number of hydrogen-bond donors (Lipinski definition) is 2. The van der Waals surface area contributed by atoms with Gasteiger partial charge in [0.1, 0.15) is 5.82 Å². The van der Waals surface area contributed by atoms with Crippen LogP contribution in [-0.2, 0) is 10.5 Å². The van der Waals surface area contributed by atoms with E-state index in [1.807, 2.05) is 26.2 Å². The predicted octanol–water partition coefficient (Wildman–Crippen LogP) is 2.44. The van der Waals surface area contributed by atoms with Crippen LogP contribution in [0, 0.1) is 0 Å². The normalized spacial score (nSPS) is 10.5. The number of halogens is 1. The minimum absolute atomic E-state index is 0.0836. The van der Waals surface area contributed by atoms with Crippen molar-refractivity contribution >= 4 is 46.9 Å². The van der Waals surface area contributed by atoms with Crippen LogP contribution in [-0.4, -0.2) is 40.7 Å². The van der Waals surface area contributed by atoms with E-state index in [1.165, 1.54) is 0 Å². The molecular weight excluding hydrogens is 348 g/mol. The molecule has 1 heterocycles. The van der Waals surface area contributed by atoms with Crippen LogP contribution < -0.4 is 16.0 Å². The van der Waals surface area contributed by atoms with Crippen LogP contribution in [0.2, 0.25) is 5.02 Å². The first-order valence-electron chi connectivity index (χ1n) is 7.25. The molecule has 7 nitrogen and oxygen atoms in total. The van der Waals surface area contributed by atoms with E-state index in [9.17, 15) is 4.79 Å². The van der Waals surface area contributed by atoms with Gasteiger partial charge in [0.15, 0.2) is 0 Å². The fraction of sp³-hybridized carbons (Fsp3) is 0.333. The Bertz CT molecular complexity index is 712. The second-order valence-electron chi connectivity index (χ2n) is 5.13. The molecule has 2 rings (SSSR count). The van der Waals surface area contributed by atoms with Crippen LogP contribution >= 0.6 is 23.4 Å². The number of aromatic nitrogens is 3. The van der Waals surface area contributed by atoms with Crippen molar-refractivity contribution in [2.24, 2.45) is 0 Å². The molecule has 0 saturated carbocycles. The molecule has 3 N–H and O–H groups in total. The number of rotatable bonds is 7. The van der Waals surface area contributed by atoms with Crippen LogP contribution in [0.4, 0.5) is 17.6 Å². The second kappa shape index (κ2) is 8.70. The second-order valence-corrected chi connectivity index (χ2v) is 6.65. The van der Waals surface area contributed by atoms with Gasteiger partial charge in [-0.3, -0.25) is 4.79 Å². The zero-order chi connectivity index (χ0) is 17.5. The average molecular weight is 367 g/mol. The van der Waals surface area contributed by atoms with E-state index in [-0.39, 0.29) is 11.9 Å². The average Bonchev–Trinajstić information content (AvgIpc) is 2.53. The third kappa shape index (κ3) is 5.54. The summed E-state index contributed by atoms with van der Waals surface area (Å²) in [6.45, 7) is 0. The molecule has 1 aromatic carbocycles. The van der Waals surface area contributed by atoms with Crippen LogP contribution in [0.5, 0.6) is 0 Å². The van der Waals surface area contributed by atoms with Gasteiger partial charge in [0.05, 0.1) is 16.5 Å². The minimum atomic E-state index is -0.0836. The molecular formula is C15H19ClN6OS. The van der Waals surface area contributed by atoms with Crippen molar-refractivity contribution in [1.29, 1.82) is 0 Å². The van der Waals surface area contributed by atoms with Crippen LogP contribution in [0.15, 0.2) is 24.3 Å². The van der Waals surface area contributed by atoms with Crippen molar-refractivity contribution in [3.8, 4) is 0 Å². The quantitative estimate of drug-likeness (QED) is 0.726. The minimum Gasteiger partial charge on any atom is -0.368 e. The van der Waals surface area contributed by atoms with Gasteiger partial charge in [0.2, 0.25) is 17.8 Å². The standard InChI is InChI=1S/C15H19ClN6OS/c1-22(2)15-20-12(19-14(17)21-15)9-24-8-7-13(23)18-11-6-4-3-5-10(11)16/h3-6H,7-9H2,1-2H3,(H,18,23)(H2,17,19,20,21). The molecule has 0 aliphatic rings. The Labute approximate surface area is 150 Å². The van der Waals surface area contributed by atoms with Gasteiger partial charge < -0.3 is 16.0 Å². The molecule has 0 aliphatic carbocycles. The van der Waals surface area contributed by atoms with Gasteiger partial charge in [-0.15, -0.1) is 0 Å². The maximum atomic E-state index is 11.9. The number of carbonyl (C=O) groups excluding carboxylic acids is 1. The Morgan fingerprint density at radius 3 is 2.75 bits per heavy atom. The molecule has 0 saturated heterocycles. The van der Waals surface area contributed by atoms with Crippen molar-refractivity contribution in [2.45, 2.75) is 12.2 Å². The number of carbonyl (C=O) groups is 1. The first kappa shape index (κ1) is 18.3. The lowest BCUT2D eigenvalue weighted by atomic mass is 10.3. The van der Waals surface area contributed by atoms with Crippen molar-refractivity contribution in [1.82, 2.24) is 15.0 Å². The molecule has 1 amide bonds. The lowest BCUT2D eigenvalue weighted by molar-refractivity contribution is -0.115. The lowest BCUT2D eigenvalue weighted by Gasteiger charge is -2.11. The Balaban J connectivity index is 1.79. The third-order valence-corrected chi connectivity index (χ3v) is 4.22. The van der Waals surface area contributed by atoms with Gasteiger partial charge in [0, 0.05) is 26.3 Å². The number of hydrogen-bond acceptors (Lipinski definition) is 7. The Morgan fingerprint density at radius 2 is 2.04 bits per heavy atom. The fourth-order valence-electron chi connectivity index (χ4n) is 1.79. The predicted molar refractivity (Wildman–Crippen MR) is 99.4 cm³/mol. The van der Waals surface area contributed by atoms with Crippen LogP contribution in [0.1, 0.15) is 12.2 Å². The number of para-hydroxylation sites is 1. The number of nitrogens with two attached hydrogens (primary N) is 1. The molecule has 0 bridgehead atoms. The molecule has 128 valence electrons. The van der Waals surface area contributed by atoms with E-state index >= 15 is 0 Å². The lowest BCUT2D eigenvalue weighted by Crippen LogP contribution is -2.16. The summed E-state index contributed by atoms with van der Waals surface area (Å²) < 4.78 is 0. The highest BCUT2D eigenvalue weighted by Crippen LogP contribution is 2.21. The molecule has 1 aromatic heterocycles. The highest BCUT2D eigenvalue weighted by molar-refractivity contribution is 7.98. The molecule has 0 radical (unpaired) electrons. The van der Waals surface area contributed by atoms with Crippen LogP contribution in [0.3, 0.4) is 0 Å². The van der Waals surface area contributed by atoms with Crippen molar-refractivity contribution in [2.75, 3.05) is 35.8 Å². The summed E-state index contributed by atoms with van der Waals surface area (Å²) in [5.74, 6) is 2.43. The van der Waals surface area contributed by atoms with Gasteiger partial charge in [-0.1, -0.05) is 23.7 Å². The first-order chi connectivity index (χ1) is 11.5. The van der Waals surface area contributed by atoms with E-state index < -0.39 is 0 Å².